The van der Waals surface area contributed by atoms with E-state index in [9.17, 15) is 4.79 Å². The van der Waals surface area contributed by atoms with Crippen molar-refractivity contribution in [3.05, 3.63) is 64.3 Å². The molecule has 0 aliphatic carbocycles. The van der Waals surface area contributed by atoms with Crippen molar-refractivity contribution in [3.63, 3.8) is 0 Å². The largest absolute Gasteiger partial charge is 0.497 e. The number of methoxy groups -OCH3 is 1. The summed E-state index contributed by atoms with van der Waals surface area (Å²) in [5.74, 6) is 1.55. The molecule has 0 spiro atoms. The number of fused-ring (bicyclic) bond motifs is 1. The molecule has 0 aliphatic heterocycles. The lowest BCUT2D eigenvalue weighted by Gasteiger charge is -2.12. The first-order valence-corrected chi connectivity index (χ1v) is 8.28. The molecule has 0 saturated carbocycles. The minimum absolute atomic E-state index is 0.215. The summed E-state index contributed by atoms with van der Waals surface area (Å²) >= 11 is 0. The summed E-state index contributed by atoms with van der Waals surface area (Å²) < 4.78 is 16.4. The van der Waals surface area contributed by atoms with Crippen molar-refractivity contribution in [2.45, 2.75) is 26.9 Å². The van der Waals surface area contributed by atoms with Crippen LogP contribution < -0.4 is 15.1 Å². The van der Waals surface area contributed by atoms with Crippen molar-refractivity contribution in [2.24, 2.45) is 0 Å². The number of benzene rings is 1. The highest BCUT2D eigenvalue weighted by Crippen LogP contribution is 2.28. The van der Waals surface area contributed by atoms with Gasteiger partial charge in [-0.05, 0) is 42.2 Å². The molecule has 3 rings (SSSR count). The third-order valence-electron chi connectivity index (χ3n) is 3.95. The van der Waals surface area contributed by atoms with E-state index in [1.807, 2.05) is 31.2 Å². The quantitative estimate of drug-likeness (QED) is 0.672. The number of aryl methyl sites for hydroxylation is 1. The van der Waals surface area contributed by atoms with Gasteiger partial charge in [-0.3, -0.25) is 0 Å². The number of nitrogens with zero attached hydrogens (tertiary/aromatic N) is 2. The second-order valence-electron chi connectivity index (χ2n) is 5.89. The van der Waals surface area contributed by atoms with Crippen LogP contribution in [0, 0.1) is 0 Å². The van der Waals surface area contributed by atoms with Crippen molar-refractivity contribution in [3.8, 4) is 11.6 Å². The Hall–Kier alpha value is -3.15. The zero-order valence-corrected chi connectivity index (χ0v) is 15.0. The van der Waals surface area contributed by atoms with E-state index in [-0.39, 0.29) is 5.71 Å². The topological polar surface area (TPSA) is 74.5 Å². The minimum atomic E-state index is -0.443. The first-order chi connectivity index (χ1) is 12.5. The molecule has 0 saturated heterocycles. The number of allylic oxidation sites excluding steroid dienone is 1. The Morgan fingerprint density at radius 1 is 1.23 bits per heavy atom. The van der Waals surface area contributed by atoms with Gasteiger partial charge in [-0.15, -0.1) is 0 Å². The number of hydrogen-bond acceptors (Lipinski definition) is 6. The van der Waals surface area contributed by atoms with Crippen molar-refractivity contribution in [2.75, 3.05) is 7.11 Å². The molecular formula is C20H20N2O4. The monoisotopic (exact) mass is 352 g/mol. The number of ether oxygens (including phenoxy) is 2. The molecule has 2 aromatic heterocycles. The van der Waals surface area contributed by atoms with E-state index in [4.69, 9.17) is 13.9 Å². The molecule has 0 atom stereocenters. The van der Waals surface area contributed by atoms with Crippen LogP contribution in [-0.4, -0.2) is 17.1 Å². The van der Waals surface area contributed by atoms with Crippen LogP contribution >= 0.6 is 0 Å². The summed E-state index contributed by atoms with van der Waals surface area (Å²) in [5.41, 5.74) is 2.18. The van der Waals surface area contributed by atoms with Gasteiger partial charge in [0.2, 0.25) is 11.6 Å². The Balaban J connectivity index is 2.04. The molecule has 1 aromatic carbocycles. The van der Waals surface area contributed by atoms with Crippen molar-refractivity contribution in [1.29, 1.82) is 0 Å². The summed E-state index contributed by atoms with van der Waals surface area (Å²) in [6.45, 7) is 7.92. The Morgan fingerprint density at radius 2 is 1.96 bits per heavy atom. The molecule has 134 valence electrons. The first kappa shape index (κ1) is 17.7. The molecule has 26 heavy (non-hydrogen) atoms. The summed E-state index contributed by atoms with van der Waals surface area (Å²) in [4.78, 5) is 20.6. The predicted octanol–water partition coefficient (Wildman–Crippen LogP) is 3.77. The van der Waals surface area contributed by atoms with Crippen LogP contribution in [0.25, 0.3) is 16.7 Å². The second-order valence-corrected chi connectivity index (χ2v) is 5.89. The summed E-state index contributed by atoms with van der Waals surface area (Å²) in [6, 6.07) is 9.02. The van der Waals surface area contributed by atoms with E-state index in [0.29, 0.717) is 35.7 Å². The molecule has 0 unspecified atom stereocenters. The van der Waals surface area contributed by atoms with Crippen LogP contribution in [0.5, 0.6) is 11.6 Å². The summed E-state index contributed by atoms with van der Waals surface area (Å²) in [6.07, 6.45) is 0.636. The standard InChI is InChI=1S/C20H20N2O4/c1-5-14-10-16(23)26-20-17(14)19(21-18(22-20)12(2)3)25-11-13-6-8-15(24-4)9-7-13/h6-10H,2,5,11H2,1,3-4H3. The predicted molar refractivity (Wildman–Crippen MR) is 99.5 cm³/mol. The lowest BCUT2D eigenvalue weighted by molar-refractivity contribution is 0.296. The van der Waals surface area contributed by atoms with Crippen LogP contribution in [0.2, 0.25) is 0 Å². The molecule has 3 aromatic rings. The Labute approximate surface area is 151 Å². The van der Waals surface area contributed by atoms with Gasteiger partial charge in [0.15, 0.2) is 5.82 Å². The van der Waals surface area contributed by atoms with E-state index in [0.717, 1.165) is 16.9 Å². The number of rotatable bonds is 6. The van der Waals surface area contributed by atoms with E-state index < -0.39 is 5.63 Å². The van der Waals surface area contributed by atoms with E-state index >= 15 is 0 Å². The van der Waals surface area contributed by atoms with Crippen LogP contribution in [-0.2, 0) is 13.0 Å². The Morgan fingerprint density at radius 3 is 2.58 bits per heavy atom. The molecule has 0 bridgehead atoms. The van der Waals surface area contributed by atoms with Crippen molar-refractivity contribution in [1.82, 2.24) is 9.97 Å². The lowest BCUT2D eigenvalue weighted by atomic mass is 10.1. The molecule has 0 radical (unpaired) electrons. The first-order valence-electron chi connectivity index (χ1n) is 8.28. The average molecular weight is 352 g/mol. The molecule has 6 heteroatoms. The third kappa shape index (κ3) is 3.59. The van der Waals surface area contributed by atoms with Gasteiger partial charge in [-0.2, -0.15) is 9.97 Å². The highest BCUT2D eigenvalue weighted by atomic mass is 16.5. The zero-order valence-electron chi connectivity index (χ0n) is 15.0. The number of aromatic nitrogens is 2. The highest BCUT2D eigenvalue weighted by Gasteiger charge is 2.16. The van der Waals surface area contributed by atoms with Gasteiger partial charge < -0.3 is 13.9 Å². The van der Waals surface area contributed by atoms with Crippen LogP contribution in [0.4, 0.5) is 0 Å². The highest BCUT2D eigenvalue weighted by molar-refractivity contribution is 5.83. The van der Waals surface area contributed by atoms with Gasteiger partial charge in [0.1, 0.15) is 17.7 Å². The molecule has 0 amide bonds. The summed E-state index contributed by atoms with van der Waals surface area (Å²) in [5, 5.41) is 0.616. The maximum absolute atomic E-state index is 11.8. The SMILES string of the molecule is C=C(C)c1nc(OCc2ccc(OC)cc2)c2c(CC)cc(=O)oc2n1. The number of hydrogen-bond donors (Lipinski definition) is 0. The maximum atomic E-state index is 11.8. The maximum Gasteiger partial charge on any atom is 0.337 e. The van der Waals surface area contributed by atoms with Gasteiger partial charge in [-0.1, -0.05) is 25.6 Å². The second kappa shape index (κ2) is 7.39. The zero-order chi connectivity index (χ0) is 18.7. The minimum Gasteiger partial charge on any atom is -0.497 e. The Bertz CT molecular complexity index is 1010. The van der Waals surface area contributed by atoms with E-state index in [1.54, 1.807) is 14.0 Å². The van der Waals surface area contributed by atoms with E-state index in [2.05, 4.69) is 16.5 Å². The van der Waals surface area contributed by atoms with Crippen LogP contribution in [0.1, 0.15) is 30.8 Å². The smallest absolute Gasteiger partial charge is 0.337 e. The fraction of sp³-hybridized carbons (Fsp3) is 0.250. The van der Waals surface area contributed by atoms with E-state index in [1.165, 1.54) is 6.07 Å². The van der Waals surface area contributed by atoms with Gasteiger partial charge in [0.25, 0.3) is 0 Å². The fourth-order valence-corrected chi connectivity index (χ4v) is 2.56. The van der Waals surface area contributed by atoms with Crippen molar-refractivity contribution >= 4 is 16.7 Å². The molecule has 0 fully saturated rings. The van der Waals surface area contributed by atoms with Gasteiger partial charge in [0.05, 0.1) is 7.11 Å². The van der Waals surface area contributed by atoms with Gasteiger partial charge >= 0.3 is 5.63 Å². The third-order valence-corrected chi connectivity index (χ3v) is 3.95. The molecule has 0 N–H and O–H groups in total. The molecule has 0 aliphatic rings. The van der Waals surface area contributed by atoms with Crippen molar-refractivity contribution < 1.29 is 13.9 Å². The molecule has 2 heterocycles. The molecular weight excluding hydrogens is 332 g/mol. The van der Waals surface area contributed by atoms with Gasteiger partial charge in [0, 0.05) is 6.07 Å². The lowest BCUT2D eigenvalue weighted by Crippen LogP contribution is -2.07. The summed E-state index contributed by atoms with van der Waals surface area (Å²) in [7, 11) is 1.62. The average Bonchev–Trinajstić information content (AvgIpc) is 2.65. The van der Waals surface area contributed by atoms with Crippen LogP contribution in [0.15, 0.2) is 46.1 Å². The normalized spacial score (nSPS) is 10.7. The van der Waals surface area contributed by atoms with Crippen LogP contribution in [0.3, 0.4) is 0 Å². The molecule has 6 nitrogen and oxygen atoms in total. The Kier molecular flexibility index (Phi) is 5.02. The van der Waals surface area contributed by atoms with Gasteiger partial charge in [-0.25, -0.2) is 4.79 Å². The fourth-order valence-electron chi connectivity index (χ4n) is 2.56.